The van der Waals surface area contributed by atoms with Crippen LogP contribution in [0.5, 0.6) is 0 Å². The van der Waals surface area contributed by atoms with Crippen molar-refractivity contribution in [3.05, 3.63) is 0 Å². The van der Waals surface area contributed by atoms with Gasteiger partial charge >= 0.3 is 0 Å². The van der Waals surface area contributed by atoms with Crippen LogP contribution in [0.25, 0.3) is 0 Å². The minimum Gasteiger partial charge on any atom is -0.445 e. The van der Waals surface area contributed by atoms with Crippen molar-refractivity contribution in [2.75, 3.05) is 0 Å². The number of hydrogen-bond acceptors (Lipinski definition) is 1. The summed E-state index contributed by atoms with van der Waals surface area (Å²) in [4.78, 5) is 0. The summed E-state index contributed by atoms with van der Waals surface area (Å²) in [6.07, 6.45) is 0.127. The Morgan fingerprint density at radius 3 is 1.75 bits per heavy atom. The molecule has 8 heavy (non-hydrogen) atoms. The van der Waals surface area contributed by atoms with Gasteiger partial charge in [-0.2, -0.15) is 0 Å². The van der Waals surface area contributed by atoms with E-state index in [2.05, 4.69) is 25.4 Å². The van der Waals surface area contributed by atoms with Gasteiger partial charge in [-0.1, -0.05) is 20.8 Å². The van der Waals surface area contributed by atoms with Gasteiger partial charge in [0.25, 0.3) is 8.05 Å². The molecule has 0 aliphatic heterocycles. The molecule has 2 radical (unpaired) electrons. The molecule has 0 amide bonds. The first-order valence-corrected chi connectivity index (χ1v) is 2.84. The van der Waals surface area contributed by atoms with E-state index in [1.54, 1.807) is 0 Å². The van der Waals surface area contributed by atoms with Crippen LogP contribution in [0.4, 0.5) is 0 Å². The molecule has 0 aromatic heterocycles. The molecule has 0 aliphatic carbocycles. The number of hydrogen-bond donors (Lipinski definition) is 0. The summed E-state index contributed by atoms with van der Waals surface area (Å²) < 4.78 is 4.61. The fraction of sp³-hybridized carbons (Fsp3) is 1.00. The maximum absolute atomic E-state index is 4.96. The number of rotatable bonds is 1. The van der Waals surface area contributed by atoms with Crippen LogP contribution < -0.4 is 0 Å². The molecular formula is C6H13BO. The van der Waals surface area contributed by atoms with E-state index in [9.17, 15) is 0 Å². The quantitative estimate of drug-likeness (QED) is 0.467. The topological polar surface area (TPSA) is 9.23 Å². The van der Waals surface area contributed by atoms with Crippen LogP contribution in [0, 0.1) is 5.41 Å². The summed E-state index contributed by atoms with van der Waals surface area (Å²) >= 11 is 0. The van der Waals surface area contributed by atoms with Gasteiger partial charge in [-0.15, -0.1) is 0 Å². The van der Waals surface area contributed by atoms with Crippen LogP contribution in [0.15, 0.2) is 0 Å². The zero-order valence-electron chi connectivity index (χ0n) is 6.06. The lowest BCUT2D eigenvalue weighted by Crippen LogP contribution is -2.24. The van der Waals surface area contributed by atoms with Crippen LogP contribution in [0.2, 0.25) is 0 Å². The molecule has 0 aromatic rings. The first kappa shape index (κ1) is 8.02. The maximum atomic E-state index is 4.96. The zero-order valence-corrected chi connectivity index (χ0v) is 6.06. The highest BCUT2D eigenvalue weighted by Gasteiger charge is 2.17. The first-order chi connectivity index (χ1) is 3.48. The van der Waals surface area contributed by atoms with E-state index in [1.807, 2.05) is 6.92 Å². The molecule has 0 N–H and O–H groups in total. The van der Waals surface area contributed by atoms with Gasteiger partial charge in [0, 0.05) is 6.10 Å². The van der Waals surface area contributed by atoms with Crippen LogP contribution >= 0.6 is 0 Å². The van der Waals surface area contributed by atoms with Gasteiger partial charge < -0.3 is 4.65 Å². The van der Waals surface area contributed by atoms with Gasteiger partial charge in [0.15, 0.2) is 0 Å². The molecule has 0 aromatic carbocycles. The van der Waals surface area contributed by atoms with E-state index in [4.69, 9.17) is 8.05 Å². The summed E-state index contributed by atoms with van der Waals surface area (Å²) in [5, 5.41) is 0. The third-order valence-corrected chi connectivity index (χ3v) is 1.42. The van der Waals surface area contributed by atoms with Gasteiger partial charge in [0.05, 0.1) is 0 Å². The molecule has 0 unspecified atom stereocenters. The Labute approximate surface area is 52.9 Å². The summed E-state index contributed by atoms with van der Waals surface area (Å²) in [6.45, 7) is 8.22. The van der Waals surface area contributed by atoms with Crippen molar-refractivity contribution in [1.29, 1.82) is 0 Å². The van der Waals surface area contributed by atoms with Crippen molar-refractivity contribution >= 4 is 8.05 Å². The summed E-state index contributed by atoms with van der Waals surface area (Å²) in [6, 6.07) is 0. The molecule has 0 bridgehead atoms. The predicted octanol–water partition coefficient (Wildman–Crippen LogP) is 1.52. The molecule has 1 atom stereocenters. The first-order valence-electron chi connectivity index (χ1n) is 2.84. The molecule has 0 fully saturated rings. The van der Waals surface area contributed by atoms with Crippen molar-refractivity contribution in [2.45, 2.75) is 33.8 Å². The van der Waals surface area contributed by atoms with Gasteiger partial charge in [-0.25, -0.2) is 0 Å². The molecule has 0 saturated heterocycles. The average molecular weight is 112 g/mol. The molecule has 46 valence electrons. The predicted molar refractivity (Wildman–Crippen MR) is 35.8 cm³/mol. The summed E-state index contributed by atoms with van der Waals surface area (Å²) in [5.41, 5.74) is 0.161. The molecule has 0 heterocycles. The van der Waals surface area contributed by atoms with Crippen molar-refractivity contribution in [3.8, 4) is 0 Å². The fourth-order valence-corrected chi connectivity index (χ4v) is 0.204. The SMILES string of the molecule is [B]O[C@H](C)C(C)(C)C. The van der Waals surface area contributed by atoms with Gasteiger partial charge in [0.2, 0.25) is 0 Å². The summed E-state index contributed by atoms with van der Waals surface area (Å²) in [7, 11) is 4.96. The van der Waals surface area contributed by atoms with Crippen molar-refractivity contribution in [2.24, 2.45) is 5.41 Å². The highest BCUT2D eigenvalue weighted by Crippen LogP contribution is 2.20. The van der Waals surface area contributed by atoms with E-state index >= 15 is 0 Å². The molecule has 2 heteroatoms. The van der Waals surface area contributed by atoms with Crippen molar-refractivity contribution in [3.63, 3.8) is 0 Å². The Bertz CT molecular complexity index is 65.4. The van der Waals surface area contributed by atoms with Crippen molar-refractivity contribution in [1.82, 2.24) is 0 Å². The molecule has 0 spiro atoms. The largest absolute Gasteiger partial charge is 0.445 e. The minimum absolute atomic E-state index is 0.127. The lowest BCUT2D eigenvalue weighted by molar-refractivity contribution is 0.114. The van der Waals surface area contributed by atoms with Crippen molar-refractivity contribution < 1.29 is 4.65 Å². The van der Waals surface area contributed by atoms with E-state index in [1.165, 1.54) is 0 Å². The van der Waals surface area contributed by atoms with Gasteiger partial charge in [0.1, 0.15) is 0 Å². The highest BCUT2D eigenvalue weighted by molar-refractivity contribution is 5.98. The fourth-order valence-electron chi connectivity index (χ4n) is 0.204. The smallest absolute Gasteiger partial charge is 0.283 e. The lowest BCUT2D eigenvalue weighted by atomic mass is 9.90. The zero-order chi connectivity index (χ0) is 6.78. The molecule has 0 rings (SSSR count). The average Bonchev–Trinajstić information content (AvgIpc) is 1.62. The minimum atomic E-state index is 0.127. The van der Waals surface area contributed by atoms with Crippen LogP contribution in [-0.4, -0.2) is 14.2 Å². The van der Waals surface area contributed by atoms with E-state index in [0.29, 0.717) is 0 Å². The van der Waals surface area contributed by atoms with Crippen LogP contribution in [0.3, 0.4) is 0 Å². The third kappa shape index (κ3) is 2.36. The van der Waals surface area contributed by atoms with Crippen LogP contribution in [0.1, 0.15) is 27.7 Å². The Balaban J connectivity index is 3.62. The summed E-state index contributed by atoms with van der Waals surface area (Å²) in [5.74, 6) is 0. The van der Waals surface area contributed by atoms with E-state index in [0.717, 1.165) is 0 Å². The molecule has 0 saturated carbocycles. The van der Waals surface area contributed by atoms with Gasteiger partial charge in [-0.3, -0.25) is 0 Å². The Morgan fingerprint density at radius 2 is 1.75 bits per heavy atom. The van der Waals surface area contributed by atoms with E-state index < -0.39 is 0 Å². The molecule has 1 nitrogen and oxygen atoms in total. The molecule has 0 aliphatic rings. The normalized spacial score (nSPS) is 16.0. The maximum Gasteiger partial charge on any atom is 0.283 e. The monoisotopic (exact) mass is 112 g/mol. The second-order valence-electron chi connectivity index (χ2n) is 3.14. The van der Waals surface area contributed by atoms with E-state index in [-0.39, 0.29) is 11.5 Å². The second kappa shape index (κ2) is 2.54. The molecular weight excluding hydrogens is 98.9 g/mol. The lowest BCUT2D eigenvalue weighted by Gasteiger charge is -2.25. The standard InChI is InChI=1S/C6H13BO/c1-5(8-7)6(2,3)4/h5H,1-4H3/t5-/m1/s1. The second-order valence-corrected chi connectivity index (χ2v) is 3.14. The highest BCUT2D eigenvalue weighted by atomic mass is 16.4. The van der Waals surface area contributed by atoms with Crippen LogP contribution in [-0.2, 0) is 4.65 Å². The Kier molecular flexibility index (Phi) is 2.55. The Hall–Kier alpha value is 0.0249. The third-order valence-electron chi connectivity index (χ3n) is 1.42. The van der Waals surface area contributed by atoms with Gasteiger partial charge in [-0.05, 0) is 12.3 Å². The Morgan fingerprint density at radius 1 is 1.38 bits per heavy atom.